The Morgan fingerprint density at radius 3 is 2.27 bits per heavy atom. The summed E-state index contributed by atoms with van der Waals surface area (Å²) < 4.78 is 8.03. The van der Waals surface area contributed by atoms with Gasteiger partial charge >= 0.3 is 6.15 Å². The maximum atomic E-state index is 12.8. The molecule has 1 aromatic heterocycles. The number of ether oxygens (including phenoxy) is 1. The van der Waals surface area contributed by atoms with E-state index >= 15 is 0 Å². The van der Waals surface area contributed by atoms with Crippen molar-refractivity contribution in [2.75, 3.05) is 13.1 Å². The molecule has 0 aliphatic carbocycles. The summed E-state index contributed by atoms with van der Waals surface area (Å²) in [4.78, 5) is 31.0. The Bertz CT molecular complexity index is 1010. The Morgan fingerprint density at radius 1 is 1.00 bits per heavy atom. The molecule has 0 bridgehead atoms. The Kier molecular flexibility index (Phi) is 7.04. The van der Waals surface area contributed by atoms with E-state index in [1.165, 1.54) is 10.9 Å². The van der Waals surface area contributed by atoms with Gasteiger partial charge in [-0.2, -0.15) is 9.59 Å². The van der Waals surface area contributed by atoms with E-state index in [0.717, 1.165) is 37.2 Å². The molecule has 2 aromatic carbocycles. The van der Waals surface area contributed by atoms with Gasteiger partial charge in [0.05, 0.1) is 6.10 Å². The standard InChI is InChI=1S/C23H26N2O2.CO2/c1-17(2)27-21-9-7-19(8-10-21)23(26)24-14-12-20(13-15-24)25-16-11-18-5-3-4-6-22(18)25;2-1-3/h3-11,16-17,20H,12-15H2,1-2H3;. The normalized spacial score (nSPS) is 14.2. The average molecular weight is 406 g/mol. The molecule has 0 N–H and O–H groups in total. The van der Waals surface area contributed by atoms with Crippen LogP contribution in [0, 0.1) is 0 Å². The molecule has 30 heavy (non-hydrogen) atoms. The van der Waals surface area contributed by atoms with Gasteiger partial charge in [-0.05, 0) is 68.5 Å². The predicted octanol–water partition coefficient (Wildman–Crippen LogP) is 4.32. The zero-order valence-electron chi connectivity index (χ0n) is 17.3. The third kappa shape index (κ3) is 4.97. The van der Waals surface area contributed by atoms with E-state index in [-0.39, 0.29) is 18.2 Å². The number of para-hydroxylation sites is 1. The van der Waals surface area contributed by atoms with Crippen LogP contribution in [-0.2, 0) is 9.59 Å². The fraction of sp³-hybridized carbons (Fsp3) is 0.333. The molecule has 0 unspecified atom stereocenters. The minimum atomic E-state index is 0.113. The number of carbonyl (C=O) groups is 1. The lowest BCUT2D eigenvalue weighted by Crippen LogP contribution is -2.39. The summed E-state index contributed by atoms with van der Waals surface area (Å²) in [7, 11) is 0. The zero-order valence-corrected chi connectivity index (χ0v) is 17.3. The number of benzene rings is 2. The van der Waals surface area contributed by atoms with Crippen molar-refractivity contribution in [1.29, 1.82) is 0 Å². The highest BCUT2D eigenvalue weighted by Gasteiger charge is 2.25. The summed E-state index contributed by atoms with van der Waals surface area (Å²) in [6, 6.07) is 18.6. The van der Waals surface area contributed by atoms with E-state index in [2.05, 4.69) is 41.1 Å². The van der Waals surface area contributed by atoms with Gasteiger partial charge in [0, 0.05) is 36.4 Å². The number of likely N-dealkylation sites (tertiary alicyclic amines) is 1. The Morgan fingerprint density at radius 2 is 1.63 bits per heavy atom. The highest BCUT2D eigenvalue weighted by atomic mass is 16.5. The number of fused-ring (bicyclic) bond motifs is 1. The maximum absolute atomic E-state index is 12.8. The topological polar surface area (TPSA) is 68.6 Å². The second-order valence-corrected chi connectivity index (χ2v) is 7.58. The first-order chi connectivity index (χ1) is 14.5. The van der Waals surface area contributed by atoms with Crippen LogP contribution in [-0.4, -0.2) is 40.7 Å². The Labute approximate surface area is 176 Å². The van der Waals surface area contributed by atoms with E-state index in [1.807, 2.05) is 43.0 Å². The van der Waals surface area contributed by atoms with Crippen LogP contribution in [0.15, 0.2) is 60.8 Å². The first kappa shape index (κ1) is 21.3. The largest absolute Gasteiger partial charge is 0.491 e. The van der Waals surface area contributed by atoms with Gasteiger partial charge in [0.25, 0.3) is 5.91 Å². The smallest absolute Gasteiger partial charge is 0.373 e. The second-order valence-electron chi connectivity index (χ2n) is 7.58. The molecule has 1 amide bonds. The molecule has 3 aromatic rings. The first-order valence-corrected chi connectivity index (χ1v) is 10.1. The van der Waals surface area contributed by atoms with Gasteiger partial charge in [-0.1, -0.05) is 18.2 Å². The highest BCUT2D eigenvalue weighted by Crippen LogP contribution is 2.28. The zero-order chi connectivity index (χ0) is 21.5. The van der Waals surface area contributed by atoms with Crippen LogP contribution in [0.1, 0.15) is 43.1 Å². The summed E-state index contributed by atoms with van der Waals surface area (Å²) in [5.74, 6) is 0.918. The van der Waals surface area contributed by atoms with E-state index in [1.54, 1.807) is 0 Å². The van der Waals surface area contributed by atoms with Crippen LogP contribution >= 0.6 is 0 Å². The molecule has 1 aliphatic rings. The number of hydrogen-bond acceptors (Lipinski definition) is 4. The van der Waals surface area contributed by atoms with Crippen LogP contribution < -0.4 is 4.74 Å². The molecule has 156 valence electrons. The number of rotatable bonds is 4. The summed E-state index contributed by atoms with van der Waals surface area (Å²) in [6.45, 7) is 5.58. The molecule has 0 spiro atoms. The molecule has 0 atom stereocenters. The fourth-order valence-electron chi connectivity index (χ4n) is 3.90. The molecular formula is C24H26N2O4. The number of amides is 1. The van der Waals surface area contributed by atoms with Crippen molar-refractivity contribution in [2.45, 2.75) is 38.8 Å². The summed E-state index contributed by atoms with van der Waals surface area (Å²) in [5.41, 5.74) is 2.01. The predicted molar refractivity (Wildman–Crippen MR) is 113 cm³/mol. The highest BCUT2D eigenvalue weighted by molar-refractivity contribution is 5.94. The third-order valence-corrected chi connectivity index (χ3v) is 5.25. The molecule has 0 saturated carbocycles. The molecular weight excluding hydrogens is 380 g/mol. The van der Waals surface area contributed by atoms with Crippen molar-refractivity contribution in [1.82, 2.24) is 9.47 Å². The lowest BCUT2D eigenvalue weighted by atomic mass is 10.0. The van der Waals surface area contributed by atoms with Gasteiger partial charge in [0.2, 0.25) is 0 Å². The quantitative estimate of drug-likeness (QED) is 0.647. The molecule has 0 radical (unpaired) electrons. The number of aromatic nitrogens is 1. The van der Waals surface area contributed by atoms with Crippen LogP contribution in [0.4, 0.5) is 0 Å². The van der Waals surface area contributed by atoms with Gasteiger partial charge in [-0.25, -0.2) is 0 Å². The Balaban J connectivity index is 0.000000806. The maximum Gasteiger partial charge on any atom is 0.373 e. The summed E-state index contributed by atoms with van der Waals surface area (Å²) >= 11 is 0. The molecule has 1 aliphatic heterocycles. The van der Waals surface area contributed by atoms with Crippen molar-refractivity contribution < 1.29 is 19.1 Å². The molecule has 6 heteroatoms. The van der Waals surface area contributed by atoms with E-state index < -0.39 is 0 Å². The van der Waals surface area contributed by atoms with Crippen LogP contribution in [0.25, 0.3) is 10.9 Å². The first-order valence-electron chi connectivity index (χ1n) is 10.1. The Hall–Kier alpha value is -3.37. The van der Waals surface area contributed by atoms with Gasteiger partial charge in [0.1, 0.15) is 5.75 Å². The number of carbonyl (C=O) groups excluding carboxylic acids is 3. The summed E-state index contributed by atoms with van der Waals surface area (Å²) in [5, 5.41) is 1.28. The van der Waals surface area contributed by atoms with Crippen molar-refractivity contribution in [3.8, 4) is 5.75 Å². The number of nitrogens with zero attached hydrogens (tertiary/aromatic N) is 2. The van der Waals surface area contributed by atoms with Gasteiger partial charge < -0.3 is 14.2 Å². The minimum Gasteiger partial charge on any atom is -0.491 e. The molecule has 4 rings (SSSR count). The van der Waals surface area contributed by atoms with E-state index in [9.17, 15) is 4.79 Å². The van der Waals surface area contributed by atoms with Crippen molar-refractivity contribution >= 4 is 23.0 Å². The fourth-order valence-corrected chi connectivity index (χ4v) is 3.90. The van der Waals surface area contributed by atoms with Crippen LogP contribution in [0.5, 0.6) is 5.75 Å². The lowest BCUT2D eigenvalue weighted by Gasteiger charge is -2.33. The average Bonchev–Trinajstić information content (AvgIpc) is 3.18. The van der Waals surface area contributed by atoms with Crippen molar-refractivity contribution in [3.05, 3.63) is 66.4 Å². The van der Waals surface area contributed by atoms with Gasteiger partial charge in [-0.15, -0.1) is 0 Å². The number of piperidine rings is 1. The molecule has 2 heterocycles. The SMILES string of the molecule is CC(C)Oc1ccc(C(=O)N2CCC(n3ccc4ccccc43)CC2)cc1.O=C=O. The van der Waals surface area contributed by atoms with E-state index in [0.29, 0.717) is 6.04 Å². The molecule has 1 saturated heterocycles. The van der Waals surface area contributed by atoms with Crippen LogP contribution in [0.3, 0.4) is 0 Å². The number of hydrogen-bond donors (Lipinski definition) is 0. The third-order valence-electron chi connectivity index (χ3n) is 5.25. The van der Waals surface area contributed by atoms with Crippen molar-refractivity contribution in [2.24, 2.45) is 0 Å². The van der Waals surface area contributed by atoms with Gasteiger partial charge in [-0.3, -0.25) is 4.79 Å². The van der Waals surface area contributed by atoms with Crippen LogP contribution in [0.2, 0.25) is 0 Å². The molecule has 1 fully saturated rings. The monoisotopic (exact) mass is 406 g/mol. The minimum absolute atomic E-state index is 0.113. The van der Waals surface area contributed by atoms with E-state index in [4.69, 9.17) is 14.3 Å². The van der Waals surface area contributed by atoms with Crippen molar-refractivity contribution in [3.63, 3.8) is 0 Å². The lowest BCUT2D eigenvalue weighted by molar-refractivity contribution is -0.191. The van der Waals surface area contributed by atoms with Gasteiger partial charge in [0.15, 0.2) is 0 Å². The second kappa shape index (κ2) is 9.90. The summed E-state index contributed by atoms with van der Waals surface area (Å²) in [6.07, 6.45) is 4.54. The molecule has 6 nitrogen and oxygen atoms in total.